The van der Waals surface area contributed by atoms with Crippen LogP contribution in [0.3, 0.4) is 0 Å². The van der Waals surface area contributed by atoms with Crippen molar-refractivity contribution >= 4 is 36.4 Å². The summed E-state index contributed by atoms with van der Waals surface area (Å²) in [4.78, 5) is 19.5. The Balaban J connectivity index is 0.00000150. The number of likely N-dealkylation sites (N-methyl/N-ethyl adjacent to an activating group) is 1. The Morgan fingerprint density at radius 1 is 1.07 bits per heavy atom. The zero-order valence-corrected chi connectivity index (χ0v) is 18.4. The van der Waals surface area contributed by atoms with E-state index in [9.17, 15) is 4.79 Å². The number of piperidine rings is 1. The molecular formula is C22H28Cl2N4O. The van der Waals surface area contributed by atoms with Crippen LogP contribution in [0.2, 0.25) is 0 Å². The molecule has 1 saturated heterocycles. The fraction of sp³-hybridized carbons (Fsp3) is 0.364. The van der Waals surface area contributed by atoms with E-state index in [1.54, 1.807) is 0 Å². The molecule has 1 fully saturated rings. The fourth-order valence-corrected chi connectivity index (χ4v) is 4.12. The van der Waals surface area contributed by atoms with Crippen LogP contribution in [0.1, 0.15) is 31.0 Å². The van der Waals surface area contributed by atoms with Crippen molar-refractivity contribution < 1.29 is 4.79 Å². The lowest BCUT2D eigenvalue weighted by atomic mass is 9.70. The van der Waals surface area contributed by atoms with Gasteiger partial charge < -0.3 is 14.6 Å². The van der Waals surface area contributed by atoms with E-state index in [0.717, 1.165) is 37.3 Å². The lowest BCUT2D eigenvalue weighted by Gasteiger charge is -2.42. The van der Waals surface area contributed by atoms with E-state index in [4.69, 9.17) is 4.98 Å². The molecule has 29 heavy (non-hydrogen) atoms. The molecule has 0 spiro atoms. The maximum atomic E-state index is 12.6. The zero-order valence-electron chi connectivity index (χ0n) is 16.7. The molecule has 2 aromatic heterocycles. The van der Waals surface area contributed by atoms with Crippen LogP contribution in [0.25, 0.3) is 5.65 Å². The van der Waals surface area contributed by atoms with Crippen LogP contribution < -0.4 is 5.32 Å². The van der Waals surface area contributed by atoms with Crippen LogP contribution in [-0.4, -0.2) is 46.4 Å². The number of nitrogens with zero attached hydrogens (tertiary/aromatic N) is 3. The minimum atomic E-state index is -0.160. The molecule has 1 aromatic carbocycles. The number of carbonyl (C=O) groups is 1. The summed E-state index contributed by atoms with van der Waals surface area (Å²) in [6, 6.07) is 16.5. The summed E-state index contributed by atoms with van der Waals surface area (Å²) in [5.74, 6) is 0.175. The van der Waals surface area contributed by atoms with Crippen LogP contribution in [0, 0.1) is 0 Å². The Bertz CT molecular complexity index is 903. The van der Waals surface area contributed by atoms with E-state index < -0.39 is 0 Å². The molecule has 1 atom stereocenters. The molecule has 5 nitrogen and oxygen atoms in total. The molecular weight excluding hydrogens is 407 g/mol. The Morgan fingerprint density at radius 2 is 1.72 bits per heavy atom. The number of nitrogens with one attached hydrogen (secondary N) is 1. The van der Waals surface area contributed by atoms with Crippen molar-refractivity contribution in [2.24, 2.45) is 0 Å². The zero-order chi connectivity index (χ0) is 18.9. The molecule has 1 aliphatic heterocycles. The molecule has 1 N–H and O–H groups in total. The molecule has 0 radical (unpaired) electrons. The highest BCUT2D eigenvalue weighted by Gasteiger charge is 2.41. The first-order valence-corrected chi connectivity index (χ1v) is 9.60. The lowest BCUT2D eigenvalue weighted by Crippen LogP contribution is -2.50. The number of carbonyl (C=O) groups excluding carboxylic acids is 1. The lowest BCUT2D eigenvalue weighted by molar-refractivity contribution is -0.134. The van der Waals surface area contributed by atoms with Gasteiger partial charge in [-0.15, -0.1) is 24.8 Å². The number of amides is 1. The van der Waals surface area contributed by atoms with E-state index in [2.05, 4.69) is 40.2 Å². The molecule has 4 rings (SSSR count). The molecule has 7 heteroatoms. The van der Waals surface area contributed by atoms with Gasteiger partial charge in [0.25, 0.3) is 0 Å². The molecule has 0 saturated carbocycles. The minimum Gasteiger partial charge on any atom is -0.341 e. The Hall–Kier alpha value is -2.08. The van der Waals surface area contributed by atoms with Gasteiger partial charge in [-0.3, -0.25) is 4.79 Å². The van der Waals surface area contributed by atoms with Crippen molar-refractivity contribution in [2.75, 3.05) is 20.1 Å². The molecule has 0 aliphatic carbocycles. The first-order chi connectivity index (χ1) is 13.1. The van der Waals surface area contributed by atoms with Crippen LogP contribution in [0.5, 0.6) is 0 Å². The first-order valence-electron chi connectivity index (χ1n) is 9.60. The standard InChI is InChI=1S/C22H26N4O.2ClH/c1-17(23-2)21(27)25-14-11-22(12-15-25,18-8-4-3-5-9-18)19-16-26-13-7-6-10-20(26)24-19;;/h3-10,13,16-17,23H,11-12,14-15H2,1-2H3;2*1H/t17-;;/m0../s1. The third-order valence-corrected chi connectivity index (χ3v) is 5.91. The third-order valence-electron chi connectivity index (χ3n) is 5.91. The van der Waals surface area contributed by atoms with E-state index in [0.29, 0.717) is 0 Å². The SMILES string of the molecule is CN[C@@H](C)C(=O)N1CCC(c2ccccc2)(c2cn3ccccc3n2)CC1.Cl.Cl. The topological polar surface area (TPSA) is 49.6 Å². The van der Waals surface area contributed by atoms with Gasteiger partial charge in [-0.2, -0.15) is 0 Å². The van der Waals surface area contributed by atoms with E-state index in [1.165, 1.54) is 5.56 Å². The van der Waals surface area contributed by atoms with Crippen LogP contribution in [0.4, 0.5) is 0 Å². The summed E-state index contributed by atoms with van der Waals surface area (Å²) in [5.41, 5.74) is 3.17. The highest BCUT2D eigenvalue weighted by atomic mass is 35.5. The van der Waals surface area contributed by atoms with Crippen molar-refractivity contribution in [3.8, 4) is 0 Å². The summed E-state index contributed by atoms with van der Waals surface area (Å²) in [6.07, 6.45) is 5.94. The summed E-state index contributed by atoms with van der Waals surface area (Å²) in [7, 11) is 1.83. The summed E-state index contributed by atoms with van der Waals surface area (Å²) < 4.78 is 2.08. The maximum absolute atomic E-state index is 12.6. The molecule has 1 amide bonds. The number of aromatic nitrogens is 2. The van der Waals surface area contributed by atoms with Crippen LogP contribution >= 0.6 is 24.8 Å². The number of halogens is 2. The number of fused-ring (bicyclic) bond motifs is 1. The average molecular weight is 435 g/mol. The number of likely N-dealkylation sites (tertiary alicyclic amines) is 1. The molecule has 3 heterocycles. The highest BCUT2D eigenvalue weighted by Crippen LogP contribution is 2.41. The van der Waals surface area contributed by atoms with Crippen molar-refractivity contribution in [1.29, 1.82) is 0 Å². The third kappa shape index (κ3) is 4.27. The van der Waals surface area contributed by atoms with E-state index in [1.807, 2.05) is 49.3 Å². The number of hydrogen-bond acceptors (Lipinski definition) is 3. The van der Waals surface area contributed by atoms with Crippen LogP contribution in [0.15, 0.2) is 60.9 Å². The Morgan fingerprint density at radius 3 is 2.34 bits per heavy atom. The Kier molecular flexibility index (Phi) is 7.69. The van der Waals surface area contributed by atoms with Crippen molar-refractivity contribution in [2.45, 2.75) is 31.2 Å². The van der Waals surface area contributed by atoms with Gasteiger partial charge in [-0.1, -0.05) is 36.4 Å². The number of benzene rings is 1. The summed E-state index contributed by atoms with van der Waals surface area (Å²) >= 11 is 0. The van der Waals surface area contributed by atoms with Gasteiger partial charge in [0, 0.05) is 30.9 Å². The van der Waals surface area contributed by atoms with Gasteiger partial charge in [0.15, 0.2) is 0 Å². The quantitative estimate of drug-likeness (QED) is 0.680. The van der Waals surface area contributed by atoms with Crippen molar-refractivity contribution in [3.05, 3.63) is 72.2 Å². The molecule has 0 unspecified atom stereocenters. The predicted molar refractivity (Wildman–Crippen MR) is 121 cm³/mol. The second-order valence-electron chi connectivity index (χ2n) is 7.38. The van der Waals surface area contributed by atoms with Gasteiger partial charge in [-0.25, -0.2) is 4.98 Å². The normalized spacial score (nSPS) is 16.6. The van der Waals surface area contributed by atoms with Gasteiger partial charge in [0.2, 0.25) is 5.91 Å². The number of imidazole rings is 1. The maximum Gasteiger partial charge on any atom is 0.239 e. The van der Waals surface area contributed by atoms with E-state index in [-0.39, 0.29) is 42.2 Å². The van der Waals surface area contributed by atoms with Crippen molar-refractivity contribution in [3.63, 3.8) is 0 Å². The fourth-order valence-electron chi connectivity index (χ4n) is 4.12. The molecule has 0 bridgehead atoms. The average Bonchev–Trinajstić information content (AvgIpc) is 3.18. The highest BCUT2D eigenvalue weighted by molar-refractivity contribution is 5.85. The van der Waals surface area contributed by atoms with Crippen molar-refractivity contribution in [1.82, 2.24) is 19.6 Å². The minimum absolute atomic E-state index is 0. The second-order valence-corrected chi connectivity index (χ2v) is 7.38. The molecule has 3 aromatic rings. The molecule has 1 aliphatic rings. The molecule has 156 valence electrons. The Labute approximate surface area is 184 Å². The number of hydrogen-bond donors (Lipinski definition) is 1. The van der Waals surface area contributed by atoms with Gasteiger partial charge in [0.1, 0.15) is 5.65 Å². The first kappa shape index (κ1) is 23.2. The van der Waals surface area contributed by atoms with Gasteiger partial charge >= 0.3 is 0 Å². The summed E-state index contributed by atoms with van der Waals surface area (Å²) in [5, 5.41) is 3.06. The largest absolute Gasteiger partial charge is 0.341 e. The number of rotatable bonds is 4. The van der Waals surface area contributed by atoms with E-state index >= 15 is 0 Å². The summed E-state index contributed by atoms with van der Waals surface area (Å²) in [6.45, 7) is 3.41. The predicted octanol–water partition coefficient (Wildman–Crippen LogP) is 3.69. The van der Waals surface area contributed by atoms with Gasteiger partial charge in [-0.05, 0) is 44.5 Å². The monoisotopic (exact) mass is 434 g/mol. The van der Waals surface area contributed by atoms with Crippen LogP contribution in [-0.2, 0) is 10.2 Å². The smallest absolute Gasteiger partial charge is 0.239 e. The second kappa shape index (κ2) is 9.61. The van der Waals surface area contributed by atoms with Gasteiger partial charge in [0.05, 0.1) is 11.7 Å². The number of pyridine rings is 1.